The lowest BCUT2D eigenvalue weighted by atomic mass is 10.4. The van der Waals surface area contributed by atoms with Crippen molar-refractivity contribution in [3.63, 3.8) is 0 Å². The van der Waals surface area contributed by atoms with Crippen molar-refractivity contribution in [2.45, 2.75) is 0 Å². The third kappa shape index (κ3) is 3.74. The number of nitrogens with zero attached hydrogens (tertiary/aromatic N) is 3. The first kappa shape index (κ1) is 14.0. The Kier molecular flexibility index (Phi) is 4.67. The zero-order valence-electron chi connectivity index (χ0n) is 9.68. The molecule has 0 radical (unpaired) electrons. The fraction of sp³-hybridized carbons (Fsp3) is 0.333. The highest BCUT2D eigenvalue weighted by atomic mass is 35.5. The molecule has 0 saturated carbocycles. The fourth-order valence-corrected chi connectivity index (χ4v) is 1.49. The summed E-state index contributed by atoms with van der Waals surface area (Å²) in [5.74, 6) is -0.740. The molecule has 0 spiro atoms. The zero-order chi connectivity index (χ0) is 13.7. The van der Waals surface area contributed by atoms with Gasteiger partial charge in [-0.2, -0.15) is 4.98 Å². The first-order chi connectivity index (χ1) is 8.43. The van der Waals surface area contributed by atoms with Crippen molar-refractivity contribution < 1.29 is 9.59 Å². The topological polar surface area (TPSA) is 127 Å². The van der Waals surface area contributed by atoms with Gasteiger partial charge in [-0.15, -0.1) is 0 Å². The molecule has 0 aromatic carbocycles. The van der Waals surface area contributed by atoms with Gasteiger partial charge in [0.2, 0.25) is 17.8 Å². The summed E-state index contributed by atoms with van der Waals surface area (Å²) in [5.41, 5.74) is 10.2. The summed E-state index contributed by atoms with van der Waals surface area (Å²) in [6.07, 6.45) is 1.35. The molecule has 1 aromatic rings. The van der Waals surface area contributed by atoms with Crippen LogP contribution in [0.3, 0.4) is 0 Å². The Labute approximate surface area is 108 Å². The molecule has 0 unspecified atom stereocenters. The van der Waals surface area contributed by atoms with E-state index in [0.29, 0.717) is 5.95 Å². The summed E-state index contributed by atoms with van der Waals surface area (Å²) in [4.78, 5) is 31.1. The molecule has 2 amide bonds. The summed E-state index contributed by atoms with van der Waals surface area (Å²) >= 11 is 5.92. The average Bonchev–Trinajstić information content (AvgIpc) is 2.27. The lowest BCUT2D eigenvalue weighted by molar-refractivity contribution is -0.117. The Morgan fingerprint density at radius 1 is 1.39 bits per heavy atom. The van der Waals surface area contributed by atoms with Gasteiger partial charge in [0.25, 0.3) is 0 Å². The molecule has 0 saturated heterocycles. The van der Waals surface area contributed by atoms with Crippen LogP contribution >= 0.6 is 11.6 Å². The number of aromatic nitrogens is 2. The Hall–Kier alpha value is -2.09. The molecule has 9 heteroatoms. The van der Waals surface area contributed by atoms with E-state index in [9.17, 15) is 9.59 Å². The number of rotatable bonds is 6. The highest BCUT2D eigenvalue weighted by Gasteiger charge is 2.17. The molecule has 1 heterocycles. The molecule has 98 valence electrons. The van der Waals surface area contributed by atoms with Crippen LogP contribution in [0.2, 0.25) is 5.02 Å². The van der Waals surface area contributed by atoms with E-state index in [1.807, 2.05) is 0 Å². The number of primary amides is 2. The van der Waals surface area contributed by atoms with Gasteiger partial charge in [-0.1, -0.05) is 11.6 Å². The second-order valence-corrected chi connectivity index (χ2v) is 3.81. The highest BCUT2D eigenvalue weighted by Crippen LogP contribution is 2.23. The maximum absolute atomic E-state index is 11.0. The number of halogens is 1. The summed E-state index contributed by atoms with van der Waals surface area (Å²) in [5, 5.41) is 2.91. The van der Waals surface area contributed by atoms with E-state index in [1.54, 1.807) is 7.05 Å². The van der Waals surface area contributed by atoms with Gasteiger partial charge in [0.1, 0.15) is 5.02 Å². The number of hydrogen-bond acceptors (Lipinski definition) is 6. The highest BCUT2D eigenvalue weighted by molar-refractivity contribution is 6.32. The van der Waals surface area contributed by atoms with Gasteiger partial charge in [0, 0.05) is 7.05 Å². The summed E-state index contributed by atoms with van der Waals surface area (Å²) in [6, 6.07) is 0. The van der Waals surface area contributed by atoms with Crippen LogP contribution in [-0.4, -0.2) is 41.9 Å². The molecular formula is C9H13ClN6O2. The van der Waals surface area contributed by atoms with Crippen LogP contribution in [0.4, 0.5) is 11.8 Å². The van der Waals surface area contributed by atoms with Gasteiger partial charge in [-0.25, -0.2) is 4.98 Å². The van der Waals surface area contributed by atoms with Crippen molar-refractivity contribution in [2.24, 2.45) is 11.5 Å². The first-order valence-corrected chi connectivity index (χ1v) is 5.33. The number of carbonyl (C=O) groups excluding carboxylic acids is 2. The van der Waals surface area contributed by atoms with Crippen LogP contribution in [-0.2, 0) is 9.59 Å². The molecule has 1 aromatic heterocycles. The molecule has 0 atom stereocenters. The SMILES string of the molecule is CNc1ncc(Cl)c(N(CC(N)=O)CC(N)=O)n1. The summed E-state index contributed by atoms with van der Waals surface area (Å²) < 4.78 is 0. The maximum Gasteiger partial charge on any atom is 0.237 e. The Morgan fingerprint density at radius 2 is 1.94 bits per heavy atom. The average molecular weight is 273 g/mol. The zero-order valence-corrected chi connectivity index (χ0v) is 10.4. The Bertz CT molecular complexity index is 450. The normalized spacial score (nSPS) is 9.89. The van der Waals surface area contributed by atoms with Crippen molar-refractivity contribution in [3.8, 4) is 0 Å². The second kappa shape index (κ2) is 6.01. The number of hydrogen-bond donors (Lipinski definition) is 3. The van der Waals surface area contributed by atoms with E-state index in [4.69, 9.17) is 23.1 Å². The number of anilines is 2. The number of nitrogens with one attached hydrogen (secondary N) is 1. The second-order valence-electron chi connectivity index (χ2n) is 3.40. The minimum absolute atomic E-state index is 0.191. The van der Waals surface area contributed by atoms with Gasteiger partial charge in [0.05, 0.1) is 19.3 Å². The summed E-state index contributed by atoms with van der Waals surface area (Å²) in [6.45, 7) is -0.439. The lowest BCUT2D eigenvalue weighted by Gasteiger charge is -2.21. The van der Waals surface area contributed by atoms with Crippen LogP contribution in [0.1, 0.15) is 0 Å². The quantitative estimate of drug-likeness (QED) is 0.606. The maximum atomic E-state index is 11.0. The molecule has 8 nitrogen and oxygen atoms in total. The fourth-order valence-electron chi connectivity index (χ4n) is 1.28. The van der Waals surface area contributed by atoms with Gasteiger partial charge in [-0.05, 0) is 0 Å². The van der Waals surface area contributed by atoms with Crippen molar-refractivity contribution in [3.05, 3.63) is 11.2 Å². The molecule has 0 aliphatic rings. The Balaban J connectivity index is 3.09. The molecule has 0 aliphatic heterocycles. The molecule has 0 bridgehead atoms. The Morgan fingerprint density at radius 3 is 2.39 bits per heavy atom. The molecule has 5 N–H and O–H groups in total. The largest absolute Gasteiger partial charge is 0.368 e. The minimum atomic E-state index is -0.628. The standard InChI is InChI=1S/C9H13ClN6O2/c1-13-9-14-2-5(10)8(15-9)16(3-6(11)17)4-7(12)18/h2H,3-4H2,1H3,(H2,11,17)(H2,12,18)(H,13,14,15). The van der Waals surface area contributed by atoms with E-state index in [1.165, 1.54) is 11.1 Å². The van der Waals surface area contributed by atoms with Crippen LogP contribution in [0.25, 0.3) is 0 Å². The predicted octanol–water partition coefficient (Wildman–Crippen LogP) is -1.05. The molecule has 0 aliphatic carbocycles. The molecule has 1 rings (SSSR count). The van der Waals surface area contributed by atoms with Crippen molar-refractivity contribution in [1.29, 1.82) is 0 Å². The van der Waals surface area contributed by atoms with Crippen molar-refractivity contribution in [1.82, 2.24) is 9.97 Å². The van der Waals surface area contributed by atoms with E-state index in [-0.39, 0.29) is 23.9 Å². The van der Waals surface area contributed by atoms with Crippen LogP contribution in [0, 0.1) is 0 Å². The summed E-state index contributed by atoms with van der Waals surface area (Å²) in [7, 11) is 1.62. The first-order valence-electron chi connectivity index (χ1n) is 4.96. The minimum Gasteiger partial charge on any atom is -0.368 e. The van der Waals surface area contributed by atoms with Crippen LogP contribution in [0.5, 0.6) is 0 Å². The third-order valence-electron chi connectivity index (χ3n) is 1.94. The van der Waals surface area contributed by atoms with Crippen LogP contribution < -0.4 is 21.7 Å². The van der Waals surface area contributed by atoms with E-state index >= 15 is 0 Å². The van der Waals surface area contributed by atoms with Gasteiger partial charge < -0.3 is 21.7 Å². The van der Waals surface area contributed by atoms with Gasteiger partial charge in [0.15, 0.2) is 5.82 Å². The molecule has 0 fully saturated rings. The third-order valence-corrected chi connectivity index (χ3v) is 2.21. The number of amides is 2. The monoisotopic (exact) mass is 272 g/mol. The van der Waals surface area contributed by atoms with Crippen molar-refractivity contribution >= 4 is 35.2 Å². The van der Waals surface area contributed by atoms with E-state index in [0.717, 1.165) is 0 Å². The lowest BCUT2D eigenvalue weighted by Crippen LogP contribution is -2.40. The van der Waals surface area contributed by atoms with Crippen LogP contribution in [0.15, 0.2) is 6.20 Å². The van der Waals surface area contributed by atoms with Gasteiger partial charge in [-0.3, -0.25) is 9.59 Å². The number of nitrogens with two attached hydrogens (primary N) is 2. The van der Waals surface area contributed by atoms with Gasteiger partial charge >= 0.3 is 0 Å². The van der Waals surface area contributed by atoms with E-state index in [2.05, 4.69) is 15.3 Å². The smallest absolute Gasteiger partial charge is 0.237 e. The van der Waals surface area contributed by atoms with Crippen molar-refractivity contribution in [2.75, 3.05) is 30.4 Å². The predicted molar refractivity (Wildman–Crippen MR) is 67.2 cm³/mol. The number of carbonyl (C=O) groups is 2. The molecule has 18 heavy (non-hydrogen) atoms. The molecular weight excluding hydrogens is 260 g/mol. The van der Waals surface area contributed by atoms with E-state index < -0.39 is 11.8 Å².